The maximum Gasteiger partial charge on any atom is 0.256 e. The first-order chi connectivity index (χ1) is 9.58. The SMILES string of the molecule is C=CCN(CC=C)C(=O)c1cc(OC)c(OC)cc1N. The molecule has 108 valence electrons. The summed E-state index contributed by atoms with van der Waals surface area (Å²) in [5, 5.41) is 0. The van der Waals surface area contributed by atoms with Gasteiger partial charge in [0.15, 0.2) is 11.5 Å². The highest BCUT2D eigenvalue weighted by atomic mass is 16.5. The first kappa shape index (κ1) is 15.6. The molecule has 1 rings (SSSR count). The lowest BCUT2D eigenvalue weighted by atomic mass is 10.1. The lowest BCUT2D eigenvalue weighted by molar-refractivity contribution is 0.0791. The van der Waals surface area contributed by atoms with Gasteiger partial charge in [-0.25, -0.2) is 0 Å². The zero-order valence-corrected chi connectivity index (χ0v) is 11.9. The minimum atomic E-state index is -0.205. The van der Waals surface area contributed by atoms with Gasteiger partial charge in [-0.1, -0.05) is 12.2 Å². The summed E-state index contributed by atoms with van der Waals surface area (Å²) >= 11 is 0. The van der Waals surface area contributed by atoms with E-state index in [4.69, 9.17) is 15.2 Å². The van der Waals surface area contributed by atoms with Crippen molar-refractivity contribution in [3.05, 3.63) is 43.0 Å². The fraction of sp³-hybridized carbons (Fsp3) is 0.267. The van der Waals surface area contributed by atoms with Gasteiger partial charge in [-0.2, -0.15) is 0 Å². The summed E-state index contributed by atoms with van der Waals surface area (Å²) in [7, 11) is 3.02. The number of hydrogen-bond acceptors (Lipinski definition) is 4. The summed E-state index contributed by atoms with van der Waals surface area (Å²) in [6.45, 7) is 8.11. The molecule has 1 amide bonds. The minimum absolute atomic E-state index is 0.205. The van der Waals surface area contributed by atoms with E-state index in [2.05, 4.69) is 13.2 Å². The van der Waals surface area contributed by atoms with Crippen LogP contribution in [0, 0.1) is 0 Å². The summed E-state index contributed by atoms with van der Waals surface area (Å²) in [6.07, 6.45) is 3.30. The minimum Gasteiger partial charge on any atom is -0.493 e. The molecule has 1 aromatic carbocycles. The third kappa shape index (κ3) is 3.32. The van der Waals surface area contributed by atoms with Gasteiger partial charge in [0.25, 0.3) is 5.91 Å². The van der Waals surface area contributed by atoms with Crippen LogP contribution >= 0.6 is 0 Å². The van der Waals surface area contributed by atoms with Crippen molar-refractivity contribution in [3.63, 3.8) is 0 Å². The Kier molecular flexibility index (Phi) is 5.65. The Balaban J connectivity index is 3.19. The van der Waals surface area contributed by atoms with Crippen molar-refractivity contribution < 1.29 is 14.3 Å². The Morgan fingerprint density at radius 3 is 2.15 bits per heavy atom. The fourth-order valence-corrected chi connectivity index (χ4v) is 1.80. The Hall–Kier alpha value is -2.43. The number of benzene rings is 1. The van der Waals surface area contributed by atoms with Gasteiger partial charge in [0.1, 0.15) is 0 Å². The van der Waals surface area contributed by atoms with E-state index in [9.17, 15) is 4.79 Å². The predicted octanol–water partition coefficient (Wildman–Crippen LogP) is 2.10. The van der Waals surface area contributed by atoms with E-state index in [0.29, 0.717) is 35.8 Å². The number of methoxy groups -OCH3 is 2. The van der Waals surface area contributed by atoms with E-state index in [1.807, 2.05) is 0 Å². The van der Waals surface area contributed by atoms with Crippen molar-refractivity contribution in [2.75, 3.05) is 33.0 Å². The molecule has 0 saturated heterocycles. The molecular formula is C15H20N2O3. The highest BCUT2D eigenvalue weighted by Gasteiger charge is 2.19. The van der Waals surface area contributed by atoms with Crippen LogP contribution in [0.4, 0.5) is 5.69 Å². The van der Waals surface area contributed by atoms with Crippen LogP contribution in [0.5, 0.6) is 11.5 Å². The number of carbonyl (C=O) groups is 1. The van der Waals surface area contributed by atoms with Crippen LogP contribution in [0.15, 0.2) is 37.4 Å². The highest BCUT2D eigenvalue weighted by molar-refractivity contribution is 6.00. The molecule has 5 nitrogen and oxygen atoms in total. The Bertz CT molecular complexity index is 502. The van der Waals surface area contributed by atoms with E-state index >= 15 is 0 Å². The first-order valence-electron chi connectivity index (χ1n) is 6.11. The van der Waals surface area contributed by atoms with Gasteiger partial charge in [-0.3, -0.25) is 4.79 Å². The third-order valence-electron chi connectivity index (χ3n) is 2.77. The molecule has 0 atom stereocenters. The van der Waals surface area contributed by atoms with Crippen LogP contribution in [0.1, 0.15) is 10.4 Å². The largest absolute Gasteiger partial charge is 0.493 e. The van der Waals surface area contributed by atoms with Gasteiger partial charge in [0, 0.05) is 24.8 Å². The molecule has 0 bridgehead atoms. The number of rotatable bonds is 7. The number of amides is 1. The van der Waals surface area contributed by atoms with E-state index in [1.165, 1.54) is 14.2 Å². The van der Waals surface area contributed by atoms with Gasteiger partial charge in [0.05, 0.1) is 19.8 Å². The second kappa shape index (κ2) is 7.23. The van der Waals surface area contributed by atoms with Crippen LogP contribution in [-0.4, -0.2) is 38.1 Å². The molecule has 1 aromatic rings. The maximum absolute atomic E-state index is 12.5. The van der Waals surface area contributed by atoms with Crippen LogP contribution in [0.2, 0.25) is 0 Å². The van der Waals surface area contributed by atoms with E-state index in [-0.39, 0.29) is 5.91 Å². The lowest BCUT2D eigenvalue weighted by Gasteiger charge is -2.21. The zero-order chi connectivity index (χ0) is 15.1. The molecule has 0 heterocycles. The average molecular weight is 276 g/mol. The van der Waals surface area contributed by atoms with Crippen LogP contribution < -0.4 is 15.2 Å². The van der Waals surface area contributed by atoms with Gasteiger partial charge in [-0.15, -0.1) is 13.2 Å². The summed E-state index contributed by atoms with van der Waals surface area (Å²) in [5.74, 6) is 0.742. The molecule has 0 aliphatic heterocycles. The molecule has 0 radical (unpaired) electrons. The van der Waals surface area contributed by atoms with E-state index in [1.54, 1.807) is 29.2 Å². The van der Waals surface area contributed by atoms with Crippen LogP contribution in [-0.2, 0) is 0 Å². The second-order valence-electron chi connectivity index (χ2n) is 4.08. The molecular weight excluding hydrogens is 256 g/mol. The normalized spacial score (nSPS) is 9.70. The van der Waals surface area contributed by atoms with Crippen LogP contribution in [0.25, 0.3) is 0 Å². The van der Waals surface area contributed by atoms with E-state index in [0.717, 1.165) is 0 Å². The predicted molar refractivity (Wildman–Crippen MR) is 80.3 cm³/mol. The van der Waals surface area contributed by atoms with Crippen molar-refractivity contribution in [2.45, 2.75) is 0 Å². The average Bonchev–Trinajstić information content (AvgIpc) is 2.46. The monoisotopic (exact) mass is 276 g/mol. The van der Waals surface area contributed by atoms with E-state index < -0.39 is 0 Å². The molecule has 0 saturated carbocycles. The van der Waals surface area contributed by atoms with Gasteiger partial charge in [0.2, 0.25) is 0 Å². The summed E-state index contributed by atoms with van der Waals surface area (Å²) < 4.78 is 10.3. The van der Waals surface area contributed by atoms with Crippen molar-refractivity contribution >= 4 is 11.6 Å². The van der Waals surface area contributed by atoms with Crippen molar-refractivity contribution in [2.24, 2.45) is 0 Å². The first-order valence-corrected chi connectivity index (χ1v) is 6.11. The number of carbonyl (C=O) groups excluding carboxylic acids is 1. The molecule has 0 aromatic heterocycles. The summed E-state index contributed by atoms with van der Waals surface area (Å²) in [4.78, 5) is 14.0. The van der Waals surface area contributed by atoms with Crippen molar-refractivity contribution in [1.29, 1.82) is 0 Å². The number of nitrogens with two attached hydrogens (primary N) is 1. The number of hydrogen-bond donors (Lipinski definition) is 1. The highest BCUT2D eigenvalue weighted by Crippen LogP contribution is 2.32. The molecule has 20 heavy (non-hydrogen) atoms. The molecule has 0 aliphatic carbocycles. The molecule has 0 aliphatic rings. The Morgan fingerprint density at radius 2 is 1.70 bits per heavy atom. The Morgan fingerprint density at radius 1 is 1.20 bits per heavy atom. The molecule has 5 heteroatoms. The third-order valence-corrected chi connectivity index (χ3v) is 2.77. The second-order valence-corrected chi connectivity index (χ2v) is 4.08. The number of nitrogens with zero attached hydrogens (tertiary/aromatic N) is 1. The number of nitrogen functional groups attached to an aromatic ring is 1. The van der Waals surface area contributed by atoms with Crippen molar-refractivity contribution in [3.8, 4) is 11.5 Å². The van der Waals surface area contributed by atoms with Crippen molar-refractivity contribution in [1.82, 2.24) is 4.90 Å². The number of anilines is 1. The lowest BCUT2D eigenvalue weighted by Crippen LogP contribution is -2.31. The number of ether oxygens (including phenoxy) is 2. The molecule has 0 unspecified atom stereocenters. The zero-order valence-electron chi connectivity index (χ0n) is 11.9. The van der Waals surface area contributed by atoms with Gasteiger partial charge < -0.3 is 20.1 Å². The maximum atomic E-state index is 12.5. The van der Waals surface area contributed by atoms with Crippen LogP contribution in [0.3, 0.4) is 0 Å². The fourth-order valence-electron chi connectivity index (χ4n) is 1.80. The summed E-state index contributed by atoms with van der Waals surface area (Å²) in [6, 6.07) is 3.15. The molecule has 0 fully saturated rings. The summed E-state index contributed by atoms with van der Waals surface area (Å²) in [5.41, 5.74) is 6.62. The smallest absolute Gasteiger partial charge is 0.256 e. The van der Waals surface area contributed by atoms with Gasteiger partial charge >= 0.3 is 0 Å². The molecule has 2 N–H and O–H groups in total. The van der Waals surface area contributed by atoms with Gasteiger partial charge in [-0.05, 0) is 6.07 Å². The quantitative estimate of drug-likeness (QED) is 0.612. The standard InChI is InChI=1S/C15H20N2O3/c1-5-7-17(8-6-2)15(18)11-9-13(19-3)14(20-4)10-12(11)16/h5-6,9-10H,1-2,7-8,16H2,3-4H3. The molecule has 0 spiro atoms. The topological polar surface area (TPSA) is 64.8 Å². The Labute approximate surface area is 119 Å².